The minimum absolute atomic E-state index is 0.0282. The number of carbonyl (C=O) groups is 1. The summed E-state index contributed by atoms with van der Waals surface area (Å²) in [5, 5.41) is 17.1. The molecule has 16 heavy (non-hydrogen) atoms. The van der Waals surface area contributed by atoms with Gasteiger partial charge in [0, 0.05) is 18.5 Å². The minimum Gasteiger partial charge on any atom is -0.340 e. The Hall–Kier alpha value is -1.55. The Balaban J connectivity index is 4.57. The van der Waals surface area contributed by atoms with E-state index < -0.39 is 5.41 Å². The van der Waals surface area contributed by atoms with Crippen LogP contribution in [-0.2, 0) is 4.79 Å². The van der Waals surface area contributed by atoms with Gasteiger partial charge >= 0.3 is 0 Å². The molecule has 88 valence electrons. The van der Waals surface area contributed by atoms with Crippen molar-refractivity contribution in [2.45, 2.75) is 40.0 Å². The Morgan fingerprint density at radius 1 is 1.19 bits per heavy atom. The third kappa shape index (κ3) is 4.31. The third-order valence-corrected chi connectivity index (χ3v) is 2.74. The lowest BCUT2D eigenvalue weighted by molar-refractivity contribution is -0.140. The molecule has 4 heteroatoms. The quantitative estimate of drug-likeness (QED) is 0.689. The molecule has 0 aliphatic carbocycles. The van der Waals surface area contributed by atoms with E-state index in [0.717, 1.165) is 6.42 Å². The van der Waals surface area contributed by atoms with Crippen LogP contribution in [-0.4, -0.2) is 23.9 Å². The maximum absolute atomic E-state index is 12.1. The Morgan fingerprint density at radius 3 is 1.94 bits per heavy atom. The topological polar surface area (TPSA) is 67.9 Å². The number of hydrogen-bond acceptors (Lipinski definition) is 3. The van der Waals surface area contributed by atoms with Crippen LogP contribution in [0.25, 0.3) is 0 Å². The van der Waals surface area contributed by atoms with Gasteiger partial charge in [-0.25, -0.2) is 0 Å². The molecule has 0 aromatic heterocycles. The van der Waals surface area contributed by atoms with Crippen LogP contribution in [0.3, 0.4) is 0 Å². The molecule has 0 N–H and O–H groups in total. The monoisotopic (exact) mass is 221 g/mol. The summed E-state index contributed by atoms with van der Waals surface area (Å²) in [6, 6.07) is 4.04. The summed E-state index contributed by atoms with van der Waals surface area (Å²) in [5.41, 5.74) is -0.412. The van der Waals surface area contributed by atoms with Gasteiger partial charge in [-0.3, -0.25) is 4.79 Å². The average molecular weight is 221 g/mol. The normalized spacial score (nSPS) is 10.3. The second kappa shape index (κ2) is 6.85. The molecule has 0 spiro atoms. The van der Waals surface area contributed by atoms with Gasteiger partial charge in [0.1, 0.15) is 0 Å². The van der Waals surface area contributed by atoms with Gasteiger partial charge in [0.25, 0.3) is 0 Å². The lowest BCUT2D eigenvalue weighted by Gasteiger charge is -2.30. The van der Waals surface area contributed by atoms with Crippen molar-refractivity contribution in [2.24, 2.45) is 5.41 Å². The molecule has 0 saturated heterocycles. The summed E-state index contributed by atoms with van der Waals surface area (Å²) in [4.78, 5) is 13.7. The summed E-state index contributed by atoms with van der Waals surface area (Å²) in [7, 11) is 0. The van der Waals surface area contributed by atoms with Crippen molar-refractivity contribution in [1.82, 2.24) is 4.90 Å². The van der Waals surface area contributed by atoms with E-state index in [0.29, 0.717) is 25.9 Å². The van der Waals surface area contributed by atoms with Crippen molar-refractivity contribution < 1.29 is 4.79 Å². The van der Waals surface area contributed by atoms with Crippen LogP contribution in [0.5, 0.6) is 0 Å². The summed E-state index contributed by atoms with van der Waals surface area (Å²) in [5.74, 6) is 0.0282. The van der Waals surface area contributed by atoms with E-state index >= 15 is 0 Å². The van der Waals surface area contributed by atoms with Gasteiger partial charge in [-0.05, 0) is 6.42 Å². The van der Waals surface area contributed by atoms with Crippen LogP contribution >= 0.6 is 0 Å². The average Bonchev–Trinajstić information content (AvgIpc) is 2.28. The second-order valence-electron chi connectivity index (χ2n) is 4.35. The van der Waals surface area contributed by atoms with Gasteiger partial charge in [-0.15, -0.1) is 0 Å². The minimum atomic E-state index is -0.412. The summed E-state index contributed by atoms with van der Waals surface area (Å²) in [6.45, 7) is 6.58. The maximum Gasteiger partial charge on any atom is 0.228 e. The molecule has 0 saturated carbocycles. The van der Waals surface area contributed by atoms with Crippen LogP contribution in [0.2, 0.25) is 0 Å². The number of nitriles is 2. The molecule has 1 amide bonds. The molecule has 0 heterocycles. The van der Waals surface area contributed by atoms with Crippen molar-refractivity contribution >= 4 is 5.91 Å². The highest BCUT2D eigenvalue weighted by Crippen LogP contribution is 2.23. The van der Waals surface area contributed by atoms with E-state index in [2.05, 4.69) is 0 Å². The zero-order valence-corrected chi connectivity index (χ0v) is 10.3. The molecule has 4 nitrogen and oxygen atoms in total. The highest BCUT2D eigenvalue weighted by Gasteiger charge is 2.29. The Labute approximate surface area is 97.5 Å². The number of carbonyl (C=O) groups excluding carboxylic acids is 1. The Bertz CT molecular complexity index is 291. The van der Waals surface area contributed by atoms with E-state index in [1.54, 1.807) is 4.90 Å². The van der Waals surface area contributed by atoms with Gasteiger partial charge in [-0.1, -0.05) is 20.8 Å². The first-order valence-corrected chi connectivity index (χ1v) is 5.53. The van der Waals surface area contributed by atoms with E-state index in [9.17, 15) is 4.79 Å². The lowest BCUT2D eigenvalue weighted by atomic mass is 9.88. The maximum atomic E-state index is 12.1. The van der Waals surface area contributed by atoms with Gasteiger partial charge < -0.3 is 4.90 Å². The zero-order chi connectivity index (χ0) is 12.6. The van der Waals surface area contributed by atoms with Crippen LogP contribution in [0.4, 0.5) is 0 Å². The van der Waals surface area contributed by atoms with Crippen molar-refractivity contribution in [1.29, 1.82) is 10.5 Å². The van der Waals surface area contributed by atoms with Crippen molar-refractivity contribution in [2.75, 3.05) is 13.1 Å². The van der Waals surface area contributed by atoms with Crippen molar-refractivity contribution in [3.05, 3.63) is 0 Å². The first-order valence-electron chi connectivity index (χ1n) is 5.53. The molecule has 0 aromatic rings. The highest BCUT2D eigenvalue weighted by molar-refractivity contribution is 5.81. The first kappa shape index (κ1) is 14.5. The molecule has 0 bridgehead atoms. The van der Waals surface area contributed by atoms with Crippen LogP contribution < -0.4 is 0 Å². The molecular formula is C12H19N3O. The summed E-state index contributed by atoms with van der Waals surface area (Å²) in [6.07, 6.45) is 1.38. The van der Waals surface area contributed by atoms with Crippen LogP contribution in [0.15, 0.2) is 0 Å². The van der Waals surface area contributed by atoms with Gasteiger partial charge in [0.2, 0.25) is 5.91 Å². The predicted octanol–water partition coefficient (Wildman–Crippen LogP) is 2.08. The third-order valence-electron chi connectivity index (χ3n) is 2.74. The SMILES string of the molecule is CCC(C)(C)C(=O)N(CCC#N)CCC#N. The fraction of sp³-hybridized carbons (Fsp3) is 0.750. The molecule has 0 aliphatic rings. The van der Waals surface area contributed by atoms with Gasteiger partial charge in [-0.2, -0.15) is 10.5 Å². The van der Waals surface area contributed by atoms with Crippen LogP contribution in [0.1, 0.15) is 40.0 Å². The lowest BCUT2D eigenvalue weighted by Crippen LogP contribution is -2.41. The highest BCUT2D eigenvalue weighted by atomic mass is 16.2. The standard InChI is InChI=1S/C12H19N3O/c1-4-12(2,3)11(16)15(9-5-7-13)10-6-8-14/h4-6,9-10H2,1-3H3. The summed E-state index contributed by atoms with van der Waals surface area (Å²) >= 11 is 0. The Morgan fingerprint density at radius 2 is 1.62 bits per heavy atom. The summed E-state index contributed by atoms with van der Waals surface area (Å²) < 4.78 is 0. The second-order valence-corrected chi connectivity index (χ2v) is 4.35. The number of hydrogen-bond donors (Lipinski definition) is 0. The predicted molar refractivity (Wildman–Crippen MR) is 61.1 cm³/mol. The molecule has 0 atom stereocenters. The molecule has 0 rings (SSSR count). The first-order chi connectivity index (χ1) is 7.49. The smallest absolute Gasteiger partial charge is 0.228 e. The number of amides is 1. The van der Waals surface area contributed by atoms with E-state index in [4.69, 9.17) is 10.5 Å². The fourth-order valence-electron chi connectivity index (χ4n) is 1.26. The molecule has 0 radical (unpaired) electrons. The molecular weight excluding hydrogens is 202 g/mol. The molecule has 0 aliphatic heterocycles. The number of nitrogens with zero attached hydrogens (tertiary/aromatic N) is 3. The van der Waals surface area contributed by atoms with Crippen LogP contribution in [0, 0.1) is 28.1 Å². The van der Waals surface area contributed by atoms with E-state index in [1.807, 2.05) is 32.9 Å². The number of rotatable bonds is 6. The molecule has 0 aromatic carbocycles. The Kier molecular flexibility index (Phi) is 6.18. The fourth-order valence-corrected chi connectivity index (χ4v) is 1.26. The van der Waals surface area contributed by atoms with Crippen molar-refractivity contribution in [3.8, 4) is 12.1 Å². The van der Waals surface area contributed by atoms with Gasteiger partial charge in [0.15, 0.2) is 0 Å². The largest absolute Gasteiger partial charge is 0.340 e. The van der Waals surface area contributed by atoms with E-state index in [1.165, 1.54) is 0 Å². The molecule has 0 unspecified atom stereocenters. The van der Waals surface area contributed by atoms with Crippen molar-refractivity contribution in [3.63, 3.8) is 0 Å². The van der Waals surface area contributed by atoms with Gasteiger partial charge in [0.05, 0.1) is 25.0 Å². The zero-order valence-electron chi connectivity index (χ0n) is 10.3. The van der Waals surface area contributed by atoms with E-state index in [-0.39, 0.29) is 5.91 Å². The molecule has 0 fully saturated rings.